The fourth-order valence-corrected chi connectivity index (χ4v) is 1.50. The molecule has 0 amide bonds. The molecule has 0 fully saturated rings. The quantitative estimate of drug-likeness (QED) is 0.754. The van der Waals surface area contributed by atoms with Crippen molar-refractivity contribution in [2.24, 2.45) is 0 Å². The van der Waals surface area contributed by atoms with E-state index in [1.165, 1.54) is 0 Å². The van der Waals surface area contributed by atoms with Crippen LogP contribution >= 0.6 is 0 Å². The van der Waals surface area contributed by atoms with E-state index in [2.05, 4.69) is 0 Å². The van der Waals surface area contributed by atoms with Crippen molar-refractivity contribution >= 4 is 0 Å². The summed E-state index contributed by atoms with van der Waals surface area (Å²) in [5.41, 5.74) is 1.97. The highest BCUT2D eigenvalue weighted by Gasteiger charge is 2.08. The number of rotatable bonds is 6. The van der Waals surface area contributed by atoms with Gasteiger partial charge in [-0.3, -0.25) is 0 Å². The van der Waals surface area contributed by atoms with Gasteiger partial charge in [-0.15, -0.1) is 0 Å². The third kappa shape index (κ3) is 3.83. The summed E-state index contributed by atoms with van der Waals surface area (Å²) in [4.78, 5) is 0. The minimum absolute atomic E-state index is 0.502. The minimum atomic E-state index is -0.502. The number of methoxy groups -OCH3 is 1. The average Bonchev–Trinajstić information content (AvgIpc) is 2.24. The van der Waals surface area contributed by atoms with Gasteiger partial charge in [0.2, 0.25) is 0 Å². The number of aliphatic hydroxyl groups excluding tert-OH is 1. The lowest BCUT2D eigenvalue weighted by Gasteiger charge is -2.14. The van der Waals surface area contributed by atoms with Crippen LogP contribution in [0, 0.1) is 6.92 Å². The molecule has 1 atom stereocenters. The van der Waals surface area contributed by atoms with Crippen molar-refractivity contribution in [3.8, 4) is 5.75 Å². The van der Waals surface area contributed by atoms with Crippen LogP contribution in [0.4, 0.5) is 0 Å². The predicted octanol–water partition coefficient (Wildman–Crippen LogP) is 2.46. The van der Waals surface area contributed by atoms with Gasteiger partial charge >= 0.3 is 0 Å². The number of aliphatic hydroxyl groups is 1. The normalized spacial score (nSPS) is 12.5. The summed E-state index contributed by atoms with van der Waals surface area (Å²) in [7, 11) is 1.67. The molecular weight excluding hydrogens is 204 g/mol. The average molecular weight is 224 g/mol. The van der Waals surface area contributed by atoms with Gasteiger partial charge in [0, 0.05) is 25.7 Å². The Hall–Kier alpha value is -1.06. The zero-order valence-corrected chi connectivity index (χ0v) is 10.2. The first-order valence-corrected chi connectivity index (χ1v) is 5.55. The van der Waals surface area contributed by atoms with E-state index in [9.17, 15) is 5.11 Å². The van der Waals surface area contributed by atoms with Gasteiger partial charge in [-0.05, 0) is 25.5 Å². The lowest BCUT2D eigenvalue weighted by molar-refractivity contribution is 0.166. The van der Waals surface area contributed by atoms with E-state index in [0.29, 0.717) is 13.2 Å². The molecule has 0 bridgehead atoms. The second-order valence-corrected chi connectivity index (χ2v) is 3.91. The SMILES string of the molecule is COCCCOc1cc(C)ccc1C(C)O. The van der Waals surface area contributed by atoms with E-state index in [-0.39, 0.29) is 0 Å². The zero-order valence-electron chi connectivity index (χ0n) is 10.2. The molecule has 16 heavy (non-hydrogen) atoms. The van der Waals surface area contributed by atoms with Gasteiger partial charge in [-0.1, -0.05) is 12.1 Å². The second kappa shape index (κ2) is 6.51. The third-order valence-electron chi connectivity index (χ3n) is 2.37. The molecule has 0 aromatic heterocycles. The molecule has 0 radical (unpaired) electrons. The predicted molar refractivity (Wildman–Crippen MR) is 63.8 cm³/mol. The highest BCUT2D eigenvalue weighted by atomic mass is 16.5. The van der Waals surface area contributed by atoms with Crippen molar-refractivity contribution in [3.05, 3.63) is 29.3 Å². The van der Waals surface area contributed by atoms with Crippen LogP contribution in [0.3, 0.4) is 0 Å². The van der Waals surface area contributed by atoms with E-state index >= 15 is 0 Å². The summed E-state index contributed by atoms with van der Waals surface area (Å²) in [5.74, 6) is 0.770. The molecule has 0 aliphatic carbocycles. The molecule has 0 aliphatic heterocycles. The highest BCUT2D eigenvalue weighted by molar-refractivity contribution is 5.38. The lowest BCUT2D eigenvalue weighted by Crippen LogP contribution is -2.04. The fourth-order valence-electron chi connectivity index (χ4n) is 1.50. The Bertz CT molecular complexity index is 321. The molecule has 90 valence electrons. The van der Waals surface area contributed by atoms with Gasteiger partial charge < -0.3 is 14.6 Å². The molecule has 3 heteroatoms. The minimum Gasteiger partial charge on any atom is -0.493 e. The van der Waals surface area contributed by atoms with Gasteiger partial charge in [0.1, 0.15) is 5.75 Å². The molecule has 3 nitrogen and oxygen atoms in total. The number of hydrogen-bond donors (Lipinski definition) is 1. The number of ether oxygens (including phenoxy) is 2. The molecule has 0 saturated heterocycles. The van der Waals surface area contributed by atoms with Crippen molar-refractivity contribution in [3.63, 3.8) is 0 Å². The molecule has 1 rings (SSSR count). The van der Waals surface area contributed by atoms with E-state index in [0.717, 1.165) is 23.3 Å². The molecule has 0 saturated carbocycles. The van der Waals surface area contributed by atoms with E-state index in [1.807, 2.05) is 25.1 Å². The van der Waals surface area contributed by atoms with Crippen LogP contribution in [0.2, 0.25) is 0 Å². The monoisotopic (exact) mass is 224 g/mol. The fraction of sp³-hybridized carbons (Fsp3) is 0.538. The lowest BCUT2D eigenvalue weighted by atomic mass is 10.1. The Morgan fingerprint density at radius 2 is 2.06 bits per heavy atom. The van der Waals surface area contributed by atoms with Crippen LogP contribution in [0.15, 0.2) is 18.2 Å². The van der Waals surface area contributed by atoms with Crippen molar-refractivity contribution in [2.75, 3.05) is 20.3 Å². The van der Waals surface area contributed by atoms with Gasteiger partial charge in [-0.2, -0.15) is 0 Å². The molecule has 0 heterocycles. The number of hydrogen-bond acceptors (Lipinski definition) is 3. The summed E-state index contributed by atoms with van der Waals surface area (Å²) in [6.07, 6.45) is 0.349. The Labute approximate surface area is 97.0 Å². The van der Waals surface area contributed by atoms with Crippen molar-refractivity contribution < 1.29 is 14.6 Å². The maximum absolute atomic E-state index is 9.59. The van der Waals surface area contributed by atoms with Crippen LogP contribution in [-0.2, 0) is 4.74 Å². The number of benzene rings is 1. The van der Waals surface area contributed by atoms with Crippen molar-refractivity contribution in [2.45, 2.75) is 26.4 Å². The first-order chi connectivity index (χ1) is 7.65. The van der Waals surface area contributed by atoms with Gasteiger partial charge in [-0.25, -0.2) is 0 Å². The van der Waals surface area contributed by atoms with Crippen molar-refractivity contribution in [1.29, 1.82) is 0 Å². The summed E-state index contributed by atoms with van der Waals surface area (Å²) in [6.45, 7) is 5.05. The highest BCUT2D eigenvalue weighted by Crippen LogP contribution is 2.26. The number of aryl methyl sites for hydroxylation is 1. The first kappa shape index (κ1) is 13.0. The van der Waals surface area contributed by atoms with E-state index in [4.69, 9.17) is 9.47 Å². The smallest absolute Gasteiger partial charge is 0.125 e. The maximum atomic E-state index is 9.59. The van der Waals surface area contributed by atoms with Crippen molar-refractivity contribution in [1.82, 2.24) is 0 Å². The standard InChI is InChI=1S/C13H20O3/c1-10-5-6-12(11(2)14)13(9-10)16-8-4-7-15-3/h5-6,9,11,14H,4,7-8H2,1-3H3. The van der Waals surface area contributed by atoms with Crippen LogP contribution in [-0.4, -0.2) is 25.4 Å². The largest absolute Gasteiger partial charge is 0.493 e. The van der Waals surface area contributed by atoms with Crippen LogP contribution in [0.1, 0.15) is 30.6 Å². The molecule has 1 unspecified atom stereocenters. The summed E-state index contributed by atoms with van der Waals surface area (Å²) in [6, 6.07) is 5.84. The molecule has 0 spiro atoms. The Kier molecular flexibility index (Phi) is 5.29. The Balaban J connectivity index is 2.65. The maximum Gasteiger partial charge on any atom is 0.125 e. The Morgan fingerprint density at radius 3 is 2.69 bits per heavy atom. The summed E-state index contributed by atoms with van der Waals surface area (Å²) >= 11 is 0. The molecule has 1 aromatic carbocycles. The van der Waals surface area contributed by atoms with Crippen LogP contribution in [0.5, 0.6) is 5.75 Å². The van der Waals surface area contributed by atoms with Gasteiger partial charge in [0.15, 0.2) is 0 Å². The van der Waals surface area contributed by atoms with Gasteiger partial charge in [0.25, 0.3) is 0 Å². The summed E-state index contributed by atoms with van der Waals surface area (Å²) in [5, 5.41) is 9.59. The third-order valence-corrected chi connectivity index (χ3v) is 2.37. The molecule has 1 aromatic rings. The van der Waals surface area contributed by atoms with Crippen LogP contribution < -0.4 is 4.74 Å². The Morgan fingerprint density at radius 1 is 1.31 bits per heavy atom. The zero-order chi connectivity index (χ0) is 12.0. The summed E-state index contributed by atoms with van der Waals surface area (Å²) < 4.78 is 10.6. The van der Waals surface area contributed by atoms with Gasteiger partial charge in [0.05, 0.1) is 12.7 Å². The topological polar surface area (TPSA) is 38.7 Å². The van der Waals surface area contributed by atoms with Crippen LogP contribution in [0.25, 0.3) is 0 Å². The first-order valence-electron chi connectivity index (χ1n) is 5.55. The molecule has 0 aliphatic rings. The molecular formula is C13H20O3. The second-order valence-electron chi connectivity index (χ2n) is 3.91. The van der Waals surface area contributed by atoms with E-state index in [1.54, 1.807) is 14.0 Å². The molecule has 1 N–H and O–H groups in total. The van der Waals surface area contributed by atoms with E-state index < -0.39 is 6.10 Å².